The maximum atomic E-state index is 12.6. The first-order valence-electron chi connectivity index (χ1n) is 10.4. The Labute approximate surface area is 186 Å². The summed E-state index contributed by atoms with van der Waals surface area (Å²) < 4.78 is 10.6. The fourth-order valence-corrected chi connectivity index (χ4v) is 4.93. The van der Waals surface area contributed by atoms with E-state index < -0.39 is 11.8 Å². The summed E-state index contributed by atoms with van der Waals surface area (Å²) in [5.41, 5.74) is 0.840. The fraction of sp³-hybridized carbons (Fsp3) is 0.455. The molecule has 2 atom stereocenters. The molecule has 166 valence electrons. The topological polar surface area (TPSA) is 83.1 Å². The van der Waals surface area contributed by atoms with Gasteiger partial charge >= 0.3 is 11.8 Å². The Morgan fingerprint density at radius 2 is 1.87 bits per heavy atom. The fourth-order valence-electron chi connectivity index (χ4n) is 3.97. The van der Waals surface area contributed by atoms with E-state index in [1.54, 1.807) is 17.4 Å². The minimum atomic E-state index is -0.646. The van der Waals surface area contributed by atoms with Gasteiger partial charge in [0.1, 0.15) is 0 Å². The van der Waals surface area contributed by atoms with Crippen molar-refractivity contribution in [2.24, 2.45) is 0 Å². The van der Waals surface area contributed by atoms with Crippen LogP contribution in [-0.4, -0.2) is 67.7 Å². The number of hydrogen-bond acceptors (Lipinski definition) is 7. The number of amides is 2. The zero-order valence-corrected chi connectivity index (χ0v) is 18.6. The van der Waals surface area contributed by atoms with Crippen LogP contribution in [0, 0.1) is 0 Å². The highest BCUT2D eigenvalue weighted by molar-refractivity contribution is 7.10. The highest BCUT2D eigenvalue weighted by Crippen LogP contribution is 2.32. The molecule has 2 amide bonds. The van der Waals surface area contributed by atoms with E-state index in [9.17, 15) is 9.59 Å². The van der Waals surface area contributed by atoms with Crippen molar-refractivity contribution < 1.29 is 19.1 Å². The summed E-state index contributed by atoms with van der Waals surface area (Å²) in [6.45, 7) is 6.22. The molecule has 3 heterocycles. The third-order valence-electron chi connectivity index (χ3n) is 5.69. The van der Waals surface area contributed by atoms with Gasteiger partial charge in [-0.3, -0.25) is 14.5 Å². The second-order valence-corrected chi connectivity index (χ2v) is 8.91. The van der Waals surface area contributed by atoms with Crippen LogP contribution in [0.25, 0.3) is 0 Å². The Morgan fingerprint density at radius 1 is 1.10 bits per heavy atom. The van der Waals surface area contributed by atoms with Gasteiger partial charge in [-0.2, -0.15) is 0 Å². The number of fused-ring (bicyclic) bond motifs is 1. The molecule has 2 aliphatic rings. The summed E-state index contributed by atoms with van der Waals surface area (Å²) >= 11 is 1.68. The molecule has 2 aromatic rings. The van der Waals surface area contributed by atoms with E-state index in [-0.39, 0.29) is 25.4 Å². The van der Waals surface area contributed by atoms with Crippen molar-refractivity contribution in [3.05, 3.63) is 46.2 Å². The molecule has 1 aromatic carbocycles. The molecule has 9 heteroatoms. The van der Waals surface area contributed by atoms with Crippen LogP contribution in [-0.2, 0) is 16.1 Å². The van der Waals surface area contributed by atoms with E-state index in [2.05, 4.69) is 33.5 Å². The van der Waals surface area contributed by atoms with Crippen molar-refractivity contribution in [1.29, 1.82) is 0 Å². The second kappa shape index (κ2) is 9.67. The standard InChI is InChI=1S/C22H28N4O4S/c1-15(20(19-4-3-11-31-19)26-9-7-25(2)8-10-26)24-22(28)21(27)23-13-16-5-6-17-18(12-16)30-14-29-17/h3-6,11-12,15,20H,7-10,13-14H2,1-2H3,(H,23,27)(H,24,28). The van der Waals surface area contributed by atoms with Crippen LogP contribution in [0.1, 0.15) is 23.4 Å². The number of benzene rings is 1. The van der Waals surface area contributed by atoms with E-state index in [0.29, 0.717) is 11.5 Å². The van der Waals surface area contributed by atoms with Gasteiger partial charge in [-0.15, -0.1) is 11.3 Å². The zero-order valence-electron chi connectivity index (χ0n) is 17.8. The molecule has 0 radical (unpaired) electrons. The van der Waals surface area contributed by atoms with Gasteiger partial charge < -0.3 is 25.0 Å². The zero-order chi connectivity index (χ0) is 21.8. The van der Waals surface area contributed by atoms with Crippen molar-refractivity contribution in [2.75, 3.05) is 40.0 Å². The first-order chi connectivity index (χ1) is 15.0. The number of rotatable bonds is 6. The lowest BCUT2D eigenvalue weighted by atomic mass is 10.0. The first-order valence-corrected chi connectivity index (χ1v) is 11.3. The van der Waals surface area contributed by atoms with Crippen LogP contribution in [0.15, 0.2) is 35.7 Å². The van der Waals surface area contributed by atoms with Crippen LogP contribution in [0.4, 0.5) is 0 Å². The lowest BCUT2D eigenvalue weighted by molar-refractivity contribution is -0.140. The van der Waals surface area contributed by atoms with Crippen LogP contribution in [0.3, 0.4) is 0 Å². The van der Waals surface area contributed by atoms with Crippen LogP contribution >= 0.6 is 11.3 Å². The molecule has 8 nitrogen and oxygen atoms in total. The molecule has 2 aliphatic heterocycles. The maximum Gasteiger partial charge on any atom is 0.309 e. The van der Waals surface area contributed by atoms with Crippen molar-refractivity contribution in [3.63, 3.8) is 0 Å². The lowest BCUT2D eigenvalue weighted by Gasteiger charge is -2.40. The Hall–Kier alpha value is -2.62. The van der Waals surface area contributed by atoms with Gasteiger partial charge in [-0.1, -0.05) is 12.1 Å². The van der Waals surface area contributed by atoms with E-state index in [4.69, 9.17) is 9.47 Å². The van der Waals surface area contributed by atoms with Gasteiger partial charge in [0.05, 0.1) is 6.04 Å². The molecule has 2 unspecified atom stereocenters. The number of nitrogens with one attached hydrogen (secondary N) is 2. The molecule has 0 bridgehead atoms. The number of ether oxygens (including phenoxy) is 2. The average molecular weight is 445 g/mol. The molecule has 2 N–H and O–H groups in total. The monoisotopic (exact) mass is 444 g/mol. The third kappa shape index (κ3) is 5.17. The van der Waals surface area contributed by atoms with Crippen LogP contribution in [0.5, 0.6) is 11.5 Å². The smallest absolute Gasteiger partial charge is 0.309 e. The SMILES string of the molecule is CC(NC(=O)C(=O)NCc1ccc2c(c1)OCO2)C(c1cccs1)N1CCN(C)CC1. The van der Waals surface area contributed by atoms with Crippen molar-refractivity contribution >= 4 is 23.2 Å². The maximum absolute atomic E-state index is 12.6. The van der Waals surface area contributed by atoms with E-state index in [1.807, 2.05) is 30.5 Å². The molecule has 0 saturated carbocycles. The number of piperazine rings is 1. The van der Waals surface area contributed by atoms with Gasteiger partial charge in [-0.25, -0.2) is 0 Å². The van der Waals surface area contributed by atoms with Gasteiger partial charge in [0.2, 0.25) is 6.79 Å². The summed E-state index contributed by atoms with van der Waals surface area (Å²) in [4.78, 5) is 30.9. The lowest BCUT2D eigenvalue weighted by Crippen LogP contribution is -2.53. The number of hydrogen-bond donors (Lipinski definition) is 2. The summed E-state index contributed by atoms with van der Waals surface area (Å²) in [6.07, 6.45) is 0. The van der Waals surface area contributed by atoms with Gasteiger partial charge in [0.25, 0.3) is 0 Å². The van der Waals surface area contributed by atoms with Gasteiger partial charge in [0, 0.05) is 43.6 Å². The predicted molar refractivity (Wildman–Crippen MR) is 118 cm³/mol. The number of thiophene rings is 1. The average Bonchev–Trinajstić information content (AvgIpc) is 3.45. The normalized spacial score (nSPS) is 18.4. The summed E-state index contributed by atoms with van der Waals surface area (Å²) in [5, 5.41) is 7.65. The molecule has 0 spiro atoms. The molecule has 1 saturated heterocycles. The minimum Gasteiger partial charge on any atom is -0.454 e. The Morgan fingerprint density at radius 3 is 2.61 bits per heavy atom. The Bertz CT molecular complexity index is 912. The molecule has 31 heavy (non-hydrogen) atoms. The third-order valence-corrected chi connectivity index (χ3v) is 6.64. The molecular weight excluding hydrogens is 416 g/mol. The second-order valence-electron chi connectivity index (χ2n) is 7.93. The van der Waals surface area contributed by atoms with Gasteiger partial charge in [0.15, 0.2) is 11.5 Å². The van der Waals surface area contributed by atoms with E-state index in [1.165, 1.54) is 4.88 Å². The number of nitrogens with zero attached hydrogens (tertiary/aromatic N) is 2. The highest BCUT2D eigenvalue weighted by Gasteiger charge is 2.31. The largest absolute Gasteiger partial charge is 0.454 e. The number of carbonyl (C=O) groups excluding carboxylic acids is 2. The quantitative estimate of drug-likeness (QED) is 0.659. The van der Waals surface area contributed by atoms with Crippen molar-refractivity contribution in [3.8, 4) is 11.5 Å². The Kier molecular flexibility index (Phi) is 6.74. The number of likely N-dealkylation sites (N-methyl/N-ethyl adjacent to an activating group) is 1. The van der Waals surface area contributed by atoms with Crippen molar-refractivity contribution in [2.45, 2.75) is 25.6 Å². The summed E-state index contributed by atoms with van der Waals surface area (Å²) in [7, 11) is 2.12. The molecule has 1 fully saturated rings. The molecular formula is C22H28N4O4S. The van der Waals surface area contributed by atoms with Gasteiger partial charge in [-0.05, 0) is 43.1 Å². The molecule has 0 aliphatic carbocycles. The minimum absolute atomic E-state index is 0.0410. The van der Waals surface area contributed by atoms with E-state index in [0.717, 1.165) is 31.7 Å². The molecule has 1 aromatic heterocycles. The van der Waals surface area contributed by atoms with Crippen LogP contribution in [0.2, 0.25) is 0 Å². The Balaban J connectivity index is 1.34. The predicted octanol–water partition coefficient (Wildman–Crippen LogP) is 1.59. The van der Waals surface area contributed by atoms with Crippen molar-refractivity contribution in [1.82, 2.24) is 20.4 Å². The van der Waals surface area contributed by atoms with E-state index >= 15 is 0 Å². The van der Waals surface area contributed by atoms with Crippen LogP contribution < -0.4 is 20.1 Å². The first kappa shape index (κ1) is 21.6. The highest BCUT2D eigenvalue weighted by atomic mass is 32.1. The molecule has 4 rings (SSSR count). The summed E-state index contributed by atoms with van der Waals surface area (Å²) in [5.74, 6) is 0.0673. The number of carbonyl (C=O) groups is 2. The summed E-state index contributed by atoms with van der Waals surface area (Å²) in [6, 6.07) is 9.40.